The predicted molar refractivity (Wildman–Crippen MR) is 88.5 cm³/mol. The fourth-order valence-electron chi connectivity index (χ4n) is 2.30. The summed E-state index contributed by atoms with van der Waals surface area (Å²) >= 11 is 0. The molecular formula is C18H20FNO4. The van der Waals surface area contributed by atoms with E-state index in [0.717, 1.165) is 17.4 Å². The second kappa shape index (κ2) is 8.19. The van der Waals surface area contributed by atoms with Crippen LogP contribution >= 0.6 is 0 Å². The molecule has 0 radical (unpaired) electrons. The lowest BCUT2D eigenvalue weighted by Gasteiger charge is -2.11. The predicted octanol–water partition coefficient (Wildman–Crippen LogP) is 2.82. The number of hydrogen-bond donors (Lipinski definition) is 1. The van der Waals surface area contributed by atoms with Gasteiger partial charge in [0.05, 0.1) is 21.3 Å². The van der Waals surface area contributed by atoms with E-state index >= 15 is 0 Å². The van der Waals surface area contributed by atoms with Gasteiger partial charge in [-0.15, -0.1) is 0 Å². The number of ether oxygens (including phenoxy) is 3. The first-order valence-corrected chi connectivity index (χ1v) is 7.41. The van der Waals surface area contributed by atoms with Crippen molar-refractivity contribution >= 4 is 5.91 Å². The summed E-state index contributed by atoms with van der Waals surface area (Å²) in [6, 6.07) is 9.58. The van der Waals surface area contributed by atoms with E-state index in [1.54, 1.807) is 20.3 Å². The van der Waals surface area contributed by atoms with Crippen molar-refractivity contribution < 1.29 is 23.4 Å². The fraction of sp³-hybridized carbons (Fsp3) is 0.278. The highest BCUT2D eigenvalue weighted by Gasteiger charge is 2.11. The molecule has 0 spiro atoms. The summed E-state index contributed by atoms with van der Waals surface area (Å²) in [5.41, 5.74) is 1.16. The summed E-state index contributed by atoms with van der Waals surface area (Å²) in [4.78, 5) is 12.1. The van der Waals surface area contributed by atoms with Crippen LogP contribution in [0.1, 0.15) is 15.9 Å². The highest BCUT2D eigenvalue weighted by Crippen LogP contribution is 2.24. The van der Waals surface area contributed by atoms with Gasteiger partial charge in [0.25, 0.3) is 5.91 Å². The van der Waals surface area contributed by atoms with Crippen molar-refractivity contribution in [2.45, 2.75) is 6.42 Å². The van der Waals surface area contributed by atoms with Crippen LogP contribution in [0.25, 0.3) is 0 Å². The number of hydrogen-bond acceptors (Lipinski definition) is 4. The first kappa shape index (κ1) is 17.6. The van der Waals surface area contributed by atoms with Crippen molar-refractivity contribution in [2.75, 3.05) is 27.9 Å². The number of carbonyl (C=O) groups excluding carboxylic acids is 1. The van der Waals surface area contributed by atoms with E-state index in [1.807, 2.05) is 12.1 Å². The zero-order chi connectivity index (χ0) is 17.5. The molecule has 1 N–H and O–H groups in total. The summed E-state index contributed by atoms with van der Waals surface area (Å²) in [5.74, 6) is 0.626. The molecule has 128 valence electrons. The van der Waals surface area contributed by atoms with E-state index in [9.17, 15) is 9.18 Å². The van der Waals surface area contributed by atoms with Crippen molar-refractivity contribution in [3.63, 3.8) is 0 Å². The standard InChI is InChI=1S/C18H20FNO4/c1-22-14-5-7-16(23-2)12(10-14)8-9-20-18(21)13-4-6-17(24-3)15(19)11-13/h4-7,10-11H,8-9H2,1-3H3,(H,20,21). The zero-order valence-electron chi connectivity index (χ0n) is 13.9. The normalized spacial score (nSPS) is 10.2. The van der Waals surface area contributed by atoms with Crippen LogP contribution in [-0.4, -0.2) is 33.8 Å². The molecule has 2 aromatic carbocycles. The number of nitrogens with one attached hydrogen (secondary N) is 1. The number of halogens is 1. The Hall–Kier alpha value is -2.76. The van der Waals surface area contributed by atoms with Crippen LogP contribution in [0, 0.1) is 5.82 Å². The lowest BCUT2D eigenvalue weighted by atomic mass is 10.1. The molecule has 2 rings (SSSR count). The van der Waals surface area contributed by atoms with E-state index in [4.69, 9.17) is 14.2 Å². The molecule has 0 heterocycles. The molecule has 5 nitrogen and oxygen atoms in total. The molecule has 0 atom stereocenters. The van der Waals surface area contributed by atoms with Crippen molar-refractivity contribution in [3.8, 4) is 17.2 Å². The van der Waals surface area contributed by atoms with Crippen LogP contribution in [0.2, 0.25) is 0 Å². The van der Waals surface area contributed by atoms with Gasteiger partial charge in [-0.05, 0) is 48.4 Å². The van der Waals surface area contributed by atoms with Gasteiger partial charge in [0.1, 0.15) is 11.5 Å². The number of benzene rings is 2. The molecule has 6 heteroatoms. The van der Waals surface area contributed by atoms with E-state index in [-0.39, 0.29) is 17.2 Å². The molecule has 0 unspecified atom stereocenters. The molecule has 1 amide bonds. The fourth-order valence-corrected chi connectivity index (χ4v) is 2.30. The Morgan fingerprint density at radius 3 is 2.33 bits per heavy atom. The molecular weight excluding hydrogens is 313 g/mol. The Kier molecular flexibility index (Phi) is 6.01. The van der Waals surface area contributed by atoms with E-state index < -0.39 is 5.82 Å². The van der Waals surface area contributed by atoms with Crippen LogP contribution in [0.5, 0.6) is 17.2 Å². The zero-order valence-corrected chi connectivity index (χ0v) is 13.9. The molecule has 0 aromatic heterocycles. The smallest absolute Gasteiger partial charge is 0.251 e. The summed E-state index contributed by atoms with van der Waals surface area (Å²) in [6.07, 6.45) is 0.560. The van der Waals surface area contributed by atoms with Gasteiger partial charge < -0.3 is 19.5 Å². The molecule has 0 saturated carbocycles. The number of rotatable bonds is 7. The van der Waals surface area contributed by atoms with Gasteiger partial charge in [0.2, 0.25) is 0 Å². The molecule has 0 saturated heterocycles. The second-order valence-corrected chi connectivity index (χ2v) is 5.03. The molecule has 2 aromatic rings. The third kappa shape index (κ3) is 4.16. The summed E-state index contributed by atoms with van der Waals surface area (Å²) in [5, 5.41) is 2.76. The Balaban J connectivity index is 1.99. The first-order valence-electron chi connectivity index (χ1n) is 7.41. The monoisotopic (exact) mass is 333 g/mol. The third-order valence-corrected chi connectivity index (χ3v) is 3.58. The van der Waals surface area contributed by atoms with Gasteiger partial charge in [-0.3, -0.25) is 4.79 Å². The highest BCUT2D eigenvalue weighted by molar-refractivity contribution is 5.94. The van der Waals surface area contributed by atoms with Gasteiger partial charge in [0, 0.05) is 12.1 Å². The third-order valence-electron chi connectivity index (χ3n) is 3.58. The van der Waals surface area contributed by atoms with E-state index in [2.05, 4.69) is 5.32 Å². The number of carbonyl (C=O) groups is 1. The van der Waals surface area contributed by atoms with Gasteiger partial charge >= 0.3 is 0 Å². The minimum absolute atomic E-state index is 0.104. The Labute approximate surface area is 140 Å². The second-order valence-electron chi connectivity index (χ2n) is 5.03. The molecule has 0 aliphatic heterocycles. The van der Waals surface area contributed by atoms with Crippen LogP contribution in [-0.2, 0) is 6.42 Å². The van der Waals surface area contributed by atoms with Crippen LogP contribution in [0.3, 0.4) is 0 Å². The summed E-state index contributed by atoms with van der Waals surface area (Å²) in [7, 11) is 4.55. The van der Waals surface area contributed by atoms with Crippen LogP contribution in [0.15, 0.2) is 36.4 Å². The SMILES string of the molecule is COc1ccc(OC)c(CCNC(=O)c2ccc(OC)c(F)c2)c1. The van der Waals surface area contributed by atoms with Gasteiger partial charge in [-0.2, -0.15) is 0 Å². The largest absolute Gasteiger partial charge is 0.497 e. The van der Waals surface area contributed by atoms with E-state index in [1.165, 1.54) is 19.2 Å². The highest BCUT2D eigenvalue weighted by atomic mass is 19.1. The van der Waals surface area contributed by atoms with Gasteiger partial charge in [0.15, 0.2) is 11.6 Å². The molecule has 0 aliphatic rings. The van der Waals surface area contributed by atoms with Crippen molar-refractivity contribution in [1.29, 1.82) is 0 Å². The van der Waals surface area contributed by atoms with E-state index in [0.29, 0.717) is 18.7 Å². The van der Waals surface area contributed by atoms with Crippen molar-refractivity contribution in [3.05, 3.63) is 53.3 Å². The molecule has 0 bridgehead atoms. The molecule has 0 aliphatic carbocycles. The van der Waals surface area contributed by atoms with Crippen LogP contribution in [0.4, 0.5) is 4.39 Å². The average molecular weight is 333 g/mol. The molecule has 0 fully saturated rings. The summed E-state index contributed by atoms with van der Waals surface area (Å²) < 4.78 is 29.0. The van der Waals surface area contributed by atoms with Crippen molar-refractivity contribution in [1.82, 2.24) is 5.32 Å². The maximum atomic E-state index is 13.6. The lowest BCUT2D eigenvalue weighted by molar-refractivity contribution is 0.0953. The minimum atomic E-state index is -0.570. The Morgan fingerprint density at radius 1 is 1.00 bits per heavy atom. The van der Waals surface area contributed by atoms with Crippen LogP contribution < -0.4 is 19.5 Å². The maximum Gasteiger partial charge on any atom is 0.251 e. The Bertz CT molecular complexity index is 718. The number of methoxy groups -OCH3 is 3. The average Bonchev–Trinajstić information content (AvgIpc) is 2.61. The molecule has 24 heavy (non-hydrogen) atoms. The van der Waals surface area contributed by atoms with Gasteiger partial charge in [-0.1, -0.05) is 0 Å². The minimum Gasteiger partial charge on any atom is -0.497 e. The number of amides is 1. The van der Waals surface area contributed by atoms with Crippen molar-refractivity contribution in [2.24, 2.45) is 0 Å². The summed E-state index contributed by atoms with van der Waals surface area (Å²) in [6.45, 7) is 0.385. The van der Waals surface area contributed by atoms with Gasteiger partial charge in [-0.25, -0.2) is 4.39 Å². The topological polar surface area (TPSA) is 56.8 Å². The Morgan fingerprint density at radius 2 is 1.71 bits per heavy atom. The quantitative estimate of drug-likeness (QED) is 0.846. The maximum absolute atomic E-state index is 13.6. The first-order chi connectivity index (χ1) is 11.6. The lowest BCUT2D eigenvalue weighted by Crippen LogP contribution is -2.25.